The predicted octanol–water partition coefficient (Wildman–Crippen LogP) is 3.56. The fourth-order valence-corrected chi connectivity index (χ4v) is 3.77. The first-order chi connectivity index (χ1) is 12.4. The molecule has 1 fully saturated rings. The maximum Gasteiger partial charge on any atom is 0.0855 e. The van der Waals surface area contributed by atoms with Gasteiger partial charge in [-0.1, -0.05) is 41.6 Å². The minimum absolute atomic E-state index is 0.887. The van der Waals surface area contributed by atoms with E-state index < -0.39 is 0 Å². The summed E-state index contributed by atoms with van der Waals surface area (Å²) >= 11 is 0. The lowest BCUT2D eigenvalue weighted by molar-refractivity contribution is 0.324. The number of likely N-dealkylation sites (tertiary alicyclic amines) is 1. The zero-order valence-electron chi connectivity index (χ0n) is 14.0. The Labute approximate surface area is 145 Å². The molecule has 0 N–H and O–H groups in total. The van der Waals surface area contributed by atoms with Gasteiger partial charge in [0.2, 0.25) is 0 Å². The van der Waals surface area contributed by atoms with Crippen molar-refractivity contribution < 1.29 is 0 Å². The SMILES string of the molecule is c1ccc2c(-n3nncc3CN3CCCC3)c3ccccc3nc2c1. The Morgan fingerprint density at radius 3 is 2.16 bits per heavy atom. The van der Waals surface area contributed by atoms with E-state index in [1.165, 1.54) is 12.8 Å². The molecule has 1 saturated heterocycles. The molecule has 0 radical (unpaired) electrons. The van der Waals surface area contributed by atoms with Gasteiger partial charge in [-0.15, -0.1) is 5.10 Å². The summed E-state index contributed by atoms with van der Waals surface area (Å²) < 4.78 is 2.00. The highest BCUT2D eigenvalue weighted by atomic mass is 15.4. The van der Waals surface area contributed by atoms with Gasteiger partial charge in [0.1, 0.15) is 0 Å². The molecule has 5 heteroatoms. The first-order valence-electron chi connectivity index (χ1n) is 8.80. The molecule has 2 aromatic carbocycles. The number of hydrogen-bond acceptors (Lipinski definition) is 4. The first kappa shape index (κ1) is 14.5. The molecule has 4 aromatic rings. The van der Waals surface area contributed by atoms with Gasteiger partial charge < -0.3 is 0 Å². The predicted molar refractivity (Wildman–Crippen MR) is 98.7 cm³/mol. The highest BCUT2D eigenvalue weighted by Crippen LogP contribution is 2.29. The van der Waals surface area contributed by atoms with Crippen LogP contribution in [-0.2, 0) is 6.54 Å². The second kappa shape index (κ2) is 5.93. The molecule has 1 aliphatic heterocycles. The summed E-state index contributed by atoms with van der Waals surface area (Å²) in [6.45, 7) is 3.20. The zero-order chi connectivity index (χ0) is 16.6. The smallest absolute Gasteiger partial charge is 0.0855 e. The van der Waals surface area contributed by atoms with Crippen LogP contribution >= 0.6 is 0 Å². The molecule has 25 heavy (non-hydrogen) atoms. The van der Waals surface area contributed by atoms with E-state index in [9.17, 15) is 0 Å². The maximum absolute atomic E-state index is 4.81. The molecule has 0 amide bonds. The third-order valence-corrected chi connectivity index (χ3v) is 4.98. The first-order valence-corrected chi connectivity index (χ1v) is 8.80. The van der Waals surface area contributed by atoms with Gasteiger partial charge in [0, 0.05) is 17.3 Å². The van der Waals surface area contributed by atoms with E-state index in [4.69, 9.17) is 4.98 Å². The summed E-state index contributed by atoms with van der Waals surface area (Å²) in [7, 11) is 0. The van der Waals surface area contributed by atoms with Crippen molar-refractivity contribution in [3.05, 3.63) is 60.4 Å². The lowest BCUT2D eigenvalue weighted by atomic mass is 10.1. The Kier molecular flexibility index (Phi) is 3.45. The number of benzene rings is 2. The molecule has 5 nitrogen and oxygen atoms in total. The van der Waals surface area contributed by atoms with Crippen LogP contribution in [0.4, 0.5) is 0 Å². The van der Waals surface area contributed by atoms with Crippen LogP contribution in [0.15, 0.2) is 54.7 Å². The van der Waals surface area contributed by atoms with Crippen molar-refractivity contribution in [2.75, 3.05) is 13.1 Å². The van der Waals surface area contributed by atoms with Crippen molar-refractivity contribution in [1.29, 1.82) is 0 Å². The zero-order valence-corrected chi connectivity index (χ0v) is 14.0. The van der Waals surface area contributed by atoms with Crippen LogP contribution < -0.4 is 0 Å². The van der Waals surface area contributed by atoms with Gasteiger partial charge in [-0.3, -0.25) is 4.90 Å². The Hall–Kier alpha value is -2.79. The average Bonchev–Trinajstić information content (AvgIpc) is 3.32. The lowest BCUT2D eigenvalue weighted by Gasteiger charge is -2.17. The molecule has 0 unspecified atom stereocenters. The van der Waals surface area contributed by atoms with Gasteiger partial charge in [-0.05, 0) is 38.1 Å². The molecule has 0 saturated carbocycles. The summed E-state index contributed by atoms with van der Waals surface area (Å²) in [5.41, 5.74) is 4.17. The number of pyridine rings is 1. The highest BCUT2D eigenvalue weighted by Gasteiger charge is 2.18. The van der Waals surface area contributed by atoms with Crippen molar-refractivity contribution in [3.8, 4) is 5.69 Å². The number of rotatable bonds is 3. The van der Waals surface area contributed by atoms with E-state index in [-0.39, 0.29) is 0 Å². The second-order valence-electron chi connectivity index (χ2n) is 6.62. The molecule has 124 valence electrons. The van der Waals surface area contributed by atoms with Gasteiger partial charge in [0.25, 0.3) is 0 Å². The van der Waals surface area contributed by atoms with Gasteiger partial charge in [-0.2, -0.15) is 0 Å². The maximum atomic E-state index is 4.81. The van der Waals surface area contributed by atoms with E-state index >= 15 is 0 Å². The monoisotopic (exact) mass is 329 g/mol. The van der Waals surface area contributed by atoms with Crippen LogP contribution in [0.3, 0.4) is 0 Å². The summed E-state index contributed by atoms with van der Waals surface area (Å²) in [5.74, 6) is 0. The van der Waals surface area contributed by atoms with Gasteiger partial charge in [0.05, 0.1) is 28.6 Å². The molecule has 5 rings (SSSR count). The number of hydrogen-bond donors (Lipinski definition) is 0. The standard InChI is InChI=1S/C20H19N5/c1-3-9-18-16(7-1)20(17-8-2-4-10-19(17)22-18)25-15(13-21-23-25)14-24-11-5-6-12-24/h1-4,7-10,13H,5-6,11-12,14H2. The van der Waals surface area contributed by atoms with E-state index in [1.807, 2.05) is 23.0 Å². The van der Waals surface area contributed by atoms with Crippen LogP contribution in [0.25, 0.3) is 27.5 Å². The molecular formula is C20H19N5. The van der Waals surface area contributed by atoms with Crippen molar-refractivity contribution in [2.24, 2.45) is 0 Å². The minimum Gasteiger partial charge on any atom is -0.297 e. The third kappa shape index (κ3) is 2.48. The van der Waals surface area contributed by atoms with Crippen molar-refractivity contribution in [1.82, 2.24) is 24.9 Å². The molecule has 0 aliphatic carbocycles. The second-order valence-corrected chi connectivity index (χ2v) is 6.62. The van der Waals surface area contributed by atoms with Crippen LogP contribution in [0.1, 0.15) is 18.5 Å². The van der Waals surface area contributed by atoms with Crippen molar-refractivity contribution in [3.63, 3.8) is 0 Å². The quantitative estimate of drug-likeness (QED) is 0.539. The number of fused-ring (bicyclic) bond motifs is 2. The number of aromatic nitrogens is 4. The van der Waals surface area contributed by atoms with Crippen LogP contribution in [-0.4, -0.2) is 38.0 Å². The Morgan fingerprint density at radius 2 is 1.48 bits per heavy atom. The van der Waals surface area contributed by atoms with Crippen molar-refractivity contribution >= 4 is 21.8 Å². The van der Waals surface area contributed by atoms with Crippen LogP contribution in [0.2, 0.25) is 0 Å². The molecular weight excluding hydrogens is 310 g/mol. The molecule has 3 heterocycles. The summed E-state index contributed by atoms with van der Waals surface area (Å²) in [6.07, 6.45) is 4.45. The molecule has 0 spiro atoms. The molecule has 0 bridgehead atoms. The normalized spacial score (nSPS) is 15.4. The van der Waals surface area contributed by atoms with Gasteiger partial charge in [-0.25, -0.2) is 9.67 Å². The van der Waals surface area contributed by atoms with Gasteiger partial charge >= 0.3 is 0 Å². The Morgan fingerprint density at radius 1 is 0.840 bits per heavy atom. The largest absolute Gasteiger partial charge is 0.297 e. The number of nitrogens with zero attached hydrogens (tertiary/aromatic N) is 5. The molecule has 2 aromatic heterocycles. The third-order valence-electron chi connectivity index (χ3n) is 4.98. The Bertz CT molecular complexity index is 992. The molecule has 1 aliphatic rings. The lowest BCUT2D eigenvalue weighted by Crippen LogP contribution is -2.20. The summed E-state index contributed by atoms with van der Waals surface area (Å²) in [5, 5.41) is 10.9. The number of para-hydroxylation sites is 2. The van der Waals surface area contributed by atoms with E-state index in [2.05, 4.69) is 51.6 Å². The van der Waals surface area contributed by atoms with Gasteiger partial charge in [0.15, 0.2) is 0 Å². The summed E-state index contributed by atoms with van der Waals surface area (Å²) in [4.78, 5) is 7.28. The van der Waals surface area contributed by atoms with E-state index in [0.717, 1.165) is 52.8 Å². The summed E-state index contributed by atoms with van der Waals surface area (Å²) in [6, 6.07) is 16.5. The fourth-order valence-electron chi connectivity index (χ4n) is 3.77. The van der Waals surface area contributed by atoms with Crippen LogP contribution in [0.5, 0.6) is 0 Å². The van der Waals surface area contributed by atoms with Crippen molar-refractivity contribution in [2.45, 2.75) is 19.4 Å². The van der Waals surface area contributed by atoms with Crippen LogP contribution in [0, 0.1) is 0 Å². The molecule has 0 atom stereocenters. The fraction of sp³-hybridized carbons (Fsp3) is 0.250. The van der Waals surface area contributed by atoms with E-state index in [0.29, 0.717) is 0 Å². The topological polar surface area (TPSA) is 46.8 Å². The average molecular weight is 329 g/mol. The Balaban J connectivity index is 1.75. The van der Waals surface area contributed by atoms with E-state index in [1.54, 1.807) is 0 Å². The minimum atomic E-state index is 0.887. The highest BCUT2D eigenvalue weighted by molar-refractivity contribution is 6.03.